The van der Waals surface area contributed by atoms with E-state index in [-0.39, 0.29) is 0 Å². The molecule has 0 radical (unpaired) electrons. The van der Waals surface area contributed by atoms with Crippen LogP contribution < -0.4 is 20.7 Å². The summed E-state index contributed by atoms with van der Waals surface area (Å²) < 4.78 is 11.2. The van der Waals surface area contributed by atoms with Crippen molar-refractivity contribution in [3.63, 3.8) is 0 Å². The average molecular weight is 377 g/mol. The predicted octanol–water partition coefficient (Wildman–Crippen LogP) is 2.81. The molecule has 0 unspecified atom stereocenters. The van der Waals surface area contributed by atoms with Crippen molar-refractivity contribution in [2.45, 2.75) is 58.3 Å². The molecule has 7 nitrogen and oxygen atoms in total. The zero-order valence-electron chi connectivity index (χ0n) is 16.8. The topological polar surface area (TPSA) is 84.0 Å². The lowest BCUT2D eigenvalue weighted by molar-refractivity contribution is 0.0529. The van der Waals surface area contributed by atoms with E-state index in [0.717, 1.165) is 24.2 Å². The summed E-state index contributed by atoms with van der Waals surface area (Å²) in [5.41, 5.74) is 0.601. The number of para-hydroxylation sites is 1. The molecule has 3 N–H and O–H groups in total. The van der Waals surface area contributed by atoms with Crippen LogP contribution in [-0.4, -0.2) is 43.9 Å². The number of carbonyl (C=O) groups is 1. The minimum Gasteiger partial charge on any atom is -0.490 e. The molecule has 27 heavy (non-hydrogen) atoms. The van der Waals surface area contributed by atoms with Gasteiger partial charge >= 0.3 is 6.09 Å². The summed E-state index contributed by atoms with van der Waals surface area (Å²) in [6, 6.07) is 8.06. The summed E-state index contributed by atoms with van der Waals surface area (Å²) in [5, 5.41) is 9.15. The van der Waals surface area contributed by atoms with E-state index in [2.05, 4.69) is 27.0 Å². The average Bonchev–Trinajstić information content (AvgIpc) is 2.57. The molecule has 0 heterocycles. The Morgan fingerprint density at radius 3 is 2.48 bits per heavy atom. The second kappa shape index (κ2) is 10.0. The summed E-state index contributed by atoms with van der Waals surface area (Å²) in [4.78, 5) is 15.8. The molecule has 0 saturated heterocycles. The summed E-state index contributed by atoms with van der Waals surface area (Å²) in [6.07, 6.45) is 3.45. The maximum absolute atomic E-state index is 11.6. The number of rotatable bonds is 7. The molecule has 1 aromatic carbocycles. The van der Waals surface area contributed by atoms with E-state index in [1.54, 1.807) is 7.05 Å². The summed E-state index contributed by atoms with van der Waals surface area (Å²) in [5.74, 6) is 1.59. The SMILES string of the molecule is CN=C(NCCNC(=O)OC(C)(C)C)NCc1ccccc1OC1CCC1. The van der Waals surface area contributed by atoms with Crippen LogP contribution in [0, 0.1) is 0 Å². The normalized spacial score (nSPS) is 14.9. The number of guanidine groups is 1. The number of hydrogen-bond acceptors (Lipinski definition) is 4. The van der Waals surface area contributed by atoms with E-state index in [1.807, 2.05) is 39.0 Å². The molecule has 0 atom stereocenters. The molecule has 0 aliphatic heterocycles. The molecule has 0 bridgehead atoms. The van der Waals surface area contributed by atoms with Gasteiger partial charge in [0.25, 0.3) is 0 Å². The van der Waals surface area contributed by atoms with E-state index >= 15 is 0 Å². The summed E-state index contributed by atoms with van der Waals surface area (Å²) >= 11 is 0. The van der Waals surface area contributed by atoms with Gasteiger partial charge in [-0.15, -0.1) is 0 Å². The Morgan fingerprint density at radius 1 is 1.15 bits per heavy atom. The van der Waals surface area contributed by atoms with Gasteiger partial charge < -0.3 is 25.4 Å². The highest BCUT2D eigenvalue weighted by atomic mass is 16.6. The third-order valence-electron chi connectivity index (χ3n) is 4.07. The van der Waals surface area contributed by atoms with Crippen molar-refractivity contribution < 1.29 is 14.3 Å². The lowest BCUT2D eigenvalue weighted by Crippen LogP contribution is -2.42. The fourth-order valence-corrected chi connectivity index (χ4v) is 2.49. The fourth-order valence-electron chi connectivity index (χ4n) is 2.49. The first-order chi connectivity index (χ1) is 12.9. The highest BCUT2D eigenvalue weighted by molar-refractivity contribution is 5.79. The molecule has 1 aliphatic carbocycles. The van der Waals surface area contributed by atoms with Crippen molar-refractivity contribution in [3.05, 3.63) is 29.8 Å². The van der Waals surface area contributed by atoms with Crippen molar-refractivity contribution >= 4 is 12.1 Å². The Hall–Kier alpha value is -2.44. The van der Waals surface area contributed by atoms with Crippen LogP contribution in [-0.2, 0) is 11.3 Å². The molecule has 0 aromatic heterocycles. The van der Waals surface area contributed by atoms with E-state index < -0.39 is 11.7 Å². The van der Waals surface area contributed by atoms with Crippen molar-refractivity contribution in [3.8, 4) is 5.75 Å². The Balaban J connectivity index is 1.72. The van der Waals surface area contributed by atoms with Crippen molar-refractivity contribution in [1.82, 2.24) is 16.0 Å². The Bertz CT molecular complexity index is 636. The molecule has 1 aliphatic rings. The highest BCUT2D eigenvalue weighted by Crippen LogP contribution is 2.27. The van der Waals surface area contributed by atoms with Gasteiger partial charge in [0.1, 0.15) is 11.4 Å². The van der Waals surface area contributed by atoms with Crippen molar-refractivity contribution in [2.24, 2.45) is 4.99 Å². The first-order valence-corrected chi connectivity index (χ1v) is 9.53. The molecule has 1 saturated carbocycles. The van der Waals surface area contributed by atoms with Gasteiger partial charge in [0.15, 0.2) is 5.96 Å². The first-order valence-electron chi connectivity index (χ1n) is 9.53. The number of aliphatic imine (C=N–C) groups is 1. The Kier molecular flexibility index (Phi) is 7.76. The van der Waals surface area contributed by atoms with Crippen LogP contribution in [0.3, 0.4) is 0 Å². The van der Waals surface area contributed by atoms with Crippen LogP contribution in [0.1, 0.15) is 45.6 Å². The van der Waals surface area contributed by atoms with Gasteiger partial charge in [0.2, 0.25) is 0 Å². The first kappa shape index (κ1) is 20.9. The van der Waals surface area contributed by atoms with E-state index in [1.165, 1.54) is 6.42 Å². The lowest BCUT2D eigenvalue weighted by Gasteiger charge is -2.27. The molecule has 1 aromatic rings. The number of amides is 1. The van der Waals surface area contributed by atoms with Crippen LogP contribution in [0.4, 0.5) is 4.79 Å². The molecule has 2 rings (SSSR count). The van der Waals surface area contributed by atoms with Gasteiger partial charge in [-0.1, -0.05) is 18.2 Å². The molecule has 1 fully saturated rings. The molecular formula is C20H32N4O3. The van der Waals surface area contributed by atoms with Crippen molar-refractivity contribution in [2.75, 3.05) is 20.1 Å². The number of carbonyl (C=O) groups excluding carboxylic acids is 1. The number of hydrogen-bond donors (Lipinski definition) is 3. The zero-order valence-corrected chi connectivity index (χ0v) is 16.8. The second-order valence-corrected chi connectivity index (χ2v) is 7.56. The standard InChI is InChI=1S/C20H32N4O3/c1-20(2,3)27-19(25)23-13-12-22-18(21-4)24-14-15-8-5-6-11-17(15)26-16-9-7-10-16/h5-6,8,11,16H,7,9-10,12-14H2,1-4H3,(H,23,25)(H2,21,22,24). The third kappa shape index (κ3) is 7.76. The van der Waals surface area contributed by atoms with E-state index in [0.29, 0.717) is 31.7 Å². The van der Waals surface area contributed by atoms with Crippen LogP contribution in [0.25, 0.3) is 0 Å². The van der Waals surface area contributed by atoms with Gasteiger partial charge in [0, 0.05) is 32.2 Å². The largest absolute Gasteiger partial charge is 0.490 e. The highest BCUT2D eigenvalue weighted by Gasteiger charge is 2.20. The number of nitrogens with zero attached hydrogens (tertiary/aromatic N) is 1. The van der Waals surface area contributed by atoms with E-state index in [4.69, 9.17) is 9.47 Å². The molecule has 1 amide bonds. The van der Waals surface area contributed by atoms with E-state index in [9.17, 15) is 4.79 Å². The zero-order chi connectivity index (χ0) is 19.7. The smallest absolute Gasteiger partial charge is 0.407 e. The maximum Gasteiger partial charge on any atom is 0.407 e. The van der Waals surface area contributed by atoms with Crippen LogP contribution in [0.15, 0.2) is 29.3 Å². The fraction of sp³-hybridized carbons (Fsp3) is 0.600. The van der Waals surface area contributed by atoms with Gasteiger partial charge in [-0.2, -0.15) is 0 Å². The quantitative estimate of drug-likeness (QED) is 0.387. The molecule has 0 spiro atoms. The lowest BCUT2D eigenvalue weighted by atomic mass is 9.96. The minimum absolute atomic E-state index is 0.350. The van der Waals surface area contributed by atoms with Gasteiger partial charge in [-0.3, -0.25) is 4.99 Å². The molecular weight excluding hydrogens is 344 g/mol. The molecule has 7 heteroatoms. The number of ether oxygens (including phenoxy) is 2. The monoisotopic (exact) mass is 376 g/mol. The Labute approximate surface area is 161 Å². The maximum atomic E-state index is 11.6. The van der Waals surface area contributed by atoms with Crippen LogP contribution in [0.5, 0.6) is 5.75 Å². The summed E-state index contributed by atoms with van der Waals surface area (Å²) in [6.45, 7) is 7.10. The summed E-state index contributed by atoms with van der Waals surface area (Å²) in [7, 11) is 1.72. The molecule has 150 valence electrons. The van der Waals surface area contributed by atoms with Gasteiger partial charge in [-0.25, -0.2) is 4.79 Å². The number of benzene rings is 1. The van der Waals surface area contributed by atoms with Crippen LogP contribution >= 0.6 is 0 Å². The third-order valence-corrected chi connectivity index (χ3v) is 4.07. The minimum atomic E-state index is -0.496. The second-order valence-electron chi connectivity index (χ2n) is 7.56. The number of alkyl carbamates (subject to hydrolysis) is 1. The van der Waals surface area contributed by atoms with Gasteiger partial charge in [-0.05, 0) is 46.1 Å². The predicted molar refractivity (Wildman–Crippen MR) is 107 cm³/mol. The van der Waals surface area contributed by atoms with Crippen molar-refractivity contribution in [1.29, 1.82) is 0 Å². The van der Waals surface area contributed by atoms with Crippen LogP contribution in [0.2, 0.25) is 0 Å². The Morgan fingerprint density at radius 2 is 1.85 bits per heavy atom. The van der Waals surface area contributed by atoms with Gasteiger partial charge in [0.05, 0.1) is 6.10 Å². The number of nitrogens with one attached hydrogen (secondary N) is 3.